The number of aliphatic hydroxyl groups excluding tert-OH is 1. The van der Waals surface area contributed by atoms with Crippen molar-refractivity contribution in [2.75, 3.05) is 30.8 Å². The maximum atomic E-state index is 9.43. The van der Waals surface area contributed by atoms with Gasteiger partial charge in [-0.15, -0.1) is 0 Å². The first-order valence-corrected chi connectivity index (χ1v) is 9.20. The number of nitrogens with one attached hydrogen (secondary N) is 2. The predicted octanol–water partition coefficient (Wildman–Crippen LogP) is 3.53. The molecule has 0 saturated heterocycles. The molecule has 6 nitrogen and oxygen atoms in total. The SMILES string of the molecule is CCC(CO)CC(CC)CNc1nc(NC)c2c(C)cc(C)nc2n1. The number of aryl methyl sites for hydroxylation is 2. The van der Waals surface area contributed by atoms with Crippen LogP contribution in [0.2, 0.25) is 0 Å². The summed E-state index contributed by atoms with van der Waals surface area (Å²) in [5, 5.41) is 16.9. The molecule has 0 amide bonds. The number of hydrogen-bond acceptors (Lipinski definition) is 6. The van der Waals surface area contributed by atoms with Gasteiger partial charge in [-0.2, -0.15) is 9.97 Å². The number of aliphatic hydroxyl groups is 1. The van der Waals surface area contributed by atoms with Crippen molar-refractivity contribution in [3.05, 3.63) is 17.3 Å². The van der Waals surface area contributed by atoms with Crippen molar-refractivity contribution in [3.63, 3.8) is 0 Å². The highest BCUT2D eigenvalue weighted by Gasteiger charge is 2.15. The van der Waals surface area contributed by atoms with Gasteiger partial charge in [-0.1, -0.05) is 26.7 Å². The second-order valence-electron chi connectivity index (χ2n) is 6.77. The predicted molar refractivity (Wildman–Crippen MR) is 104 cm³/mol. The first-order valence-electron chi connectivity index (χ1n) is 9.20. The van der Waals surface area contributed by atoms with Crippen LogP contribution in [0.5, 0.6) is 0 Å². The molecule has 2 unspecified atom stereocenters. The maximum Gasteiger partial charge on any atom is 0.226 e. The lowest BCUT2D eigenvalue weighted by atomic mass is 9.91. The van der Waals surface area contributed by atoms with E-state index in [0.29, 0.717) is 23.4 Å². The normalized spacial score (nSPS) is 13.7. The average molecular weight is 345 g/mol. The van der Waals surface area contributed by atoms with Crippen molar-refractivity contribution in [1.29, 1.82) is 0 Å². The molecule has 6 heteroatoms. The molecule has 0 bridgehead atoms. The summed E-state index contributed by atoms with van der Waals surface area (Å²) in [5.41, 5.74) is 2.80. The number of pyridine rings is 1. The van der Waals surface area contributed by atoms with Gasteiger partial charge in [0.15, 0.2) is 5.65 Å². The van der Waals surface area contributed by atoms with E-state index in [0.717, 1.165) is 48.3 Å². The van der Waals surface area contributed by atoms with Crippen LogP contribution in [-0.2, 0) is 0 Å². The summed E-state index contributed by atoms with van der Waals surface area (Å²) in [7, 11) is 1.87. The first-order chi connectivity index (χ1) is 12.0. The van der Waals surface area contributed by atoms with Crippen molar-refractivity contribution >= 4 is 22.8 Å². The van der Waals surface area contributed by atoms with Gasteiger partial charge in [0.2, 0.25) is 5.95 Å². The molecule has 138 valence electrons. The highest BCUT2D eigenvalue weighted by molar-refractivity contribution is 5.90. The van der Waals surface area contributed by atoms with Crippen LogP contribution < -0.4 is 10.6 Å². The quantitative estimate of drug-likeness (QED) is 0.645. The molecule has 3 N–H and O–H groups in total. The van der Waals surface area contributed by atoms with Gasteiger partial charge in [0, 0.05) is 25.9 Å². The smallest absolute Gasteiger partial charge is 0.226 e. The van der Waals surface area contributed by atoms with E-state index in [9.17, 15) is 5.11 Å². The van der Waals surface area contributed by atoms with E-state index in [1.165, 1.54) is 0 Å². The molecule has 0 aromatic carbocycles. The summed E-state index contributed by atoms with van der Waals surface area (Å²) in [4.78, 5) is 13.8. The van der Waals surface area contributed by atoms with Crippen LogP contribution in [0.1, 0.15) is 44.4 Å². The maximum absolute atomic E-state index is 9.43. The van der Waals surface area contributed by atoms with Gasteiger partial charge < -0.3 is 15.7 Å². The van der Waals surface area contributed by atoms with Crippen LogP contribution >= 0.6 is 0 Å². The third-order valence-electron chi connectivity index (χ3n) is 4.86. The van der Waals surface area contributed by atoms with Crippen LogP contribution in [0.4, 0.5) is 11.8 Å². The Bertz CT molecular complexity index is 700. The zero-order chi connectivity index (χ0) is 18.4. The monoisotopic (exact) mass is 345 g/mol. The van der Waals surface area contributed by atoms with Crippen molar-refractivity contribution < 1.29 is 5.11 Å². The van der Waals surface area contributed by atoms with Gasteiger partial charge in [-0.25, -0.2) is 4.98 Å². The minimum Gasteiger partial charge on any atom is -0.396 e. The van der Waals surface area contributed by atoms with Crippen LogP contribution in [0, 0.1) is 25.7 Å². The lowest BCUT2D eigenvalue weighted by Crippen LogP contribution is -2.20. The third kappa shape index (κ3) is 4.78. The van der Waals surface area contributed by atoms with E-state index in [1.54, 1.807) is 0 Å². The topological polar surface area (TPSA) is 83.0 Å². The molecule has 2 heterocycles. The molecule has 2 atom stereocenters. The minimum atomic E-state index is 0.256. The molecule has 0 spiro atoms. The summed E-state index contributed by atoms with van der Waals surface area (Å²) in [5.74, 6) is 2.25. The molecule has 25 heavy (non-hydrogen) atoms. The first kappa shape index (κ1) is 19.4. The van der Waals surface area contributed by atoms with E-state index in [2.05, 4.69) is 46.4 Å². The Morgan fingerprint density at radius 1 is 1.08 bits per heavy atom. The van der Waals surface area contributed by atoms with Crippen molar-refractivity contribution in [2.45, 2.75) is 47.0 Å². The van der Waals surface area contributed by atoms with Gasteiger partial charge in [-0.3, -0.25) is 0 Å². The largest absolute Gasteiger partial charge is 0.396 e. The fourth-order valence-corrected chi connectivity index (χ4v) is 3.21. The number of aromatic nitrogens is 3. The van der Waals surface area contributed by atoms with E-state index < -0.39 is 0 Å². The van der Waals surface area contributed by atoms with Crippen LogP contribution in [-0.4, -0.2) is 40.3 Å². The molecule has 0 saturated carbocycles. The lowest BCUT2D eigenvalue weighted by Gasteiger charge is -2.21. The molecule has 0 aliphatic rings. The Hall–Kier alpha value is -1.95. The van der Waals surface area contributed by atoms with Crippen LogP contribution in [0.15, 0.2) is 6.07 Å². The van der Waals surface area contributed by atoms with Gasteiger partial charge in [-0.05, 0) is 43.7 Å². The number of anilines is 2. The summed E-state index contributed by atoms with van der Waals surface area (Å²) >= 11 is 0. The van der Waals surface area contributed by atoms with Crippen molar-refractivity contribution in [3.8, 4) is 0 Å². The molecule has 2 aromatic rings. The molecule has 2 aromatic heterocycles. The highest BCUT2D eigenvalue weighted by Crippen LogP contribution is 2.25. The lowest BCUT2D eigenvalue weighted by molar-refractivity contribution is 0.197. The Labute approximate surface area is 150 Å². The van der Waals surface area contributed by atoms with Crippen LogP contribution in [0.25, 0.3) is 11.0 Å². The molecule has 0 radical (unpaired) electrons. The Morgan fingerprint density at radius 2 is 1.80 bits per heavy atom. The molecule has 0 aliphatic carbocycles. The molecule has 0 fully saturated rings. The third-order valence-corrected chi connectivity index (χ3v) is 4.86. The van der Waals surface area contributed by atoms with Crippen molar-refractivity contribution in [2.24, 2.45) is 11.8 Å². The van der Waals surface area contributed by atoms with E-state index in [1.807, 2.05) is 20.0 Å². The van der Waals surface area contributed by atoms with Gasteiger partial charge in [0.05, 0.1) is 5.39 Å². The van der Waals surface area contributed by atoms with Crippen molar-refractivity contribution in [1.82, 2.24) is 15.0 Å². The zero-order valence-corrected chi connectivity index (χ0v) is 16.1. The molecule has 0 aliphatic heterocycles. The van der Waals surface area contributed by atoms with Gasteiger partial charge in [0.25, 0.3) is 0 Å². The number of nitrogens with zero attached hydrogens (tertiary/aromatic N) is 3. The highest BCUT2D eigenvalue weighted by atomic mass is 16.3. The molecular weight excluding hydrogens is 314 g/mol. The number of fused-ring (bicyclic) bond motifs is 1. The summed E-state index contributed by atoms with van der Waals surface area (Å²) in [6.45, 7) is 9.40. The average Bonchev–Trinajstić information content (AvgIpc) is 2.60. The number of rotatable bonds is 9. The fourth-order valence-electron chi connectivity index (χ4n) is 3.21. The summed E-state index contributed by atoms with van der Waals surface area (Å²) < 4.78 is 0. The van der Waals surface area contributed by atoms with Gasteiger partial charge >= 0.3 is 0 Å². The minimum absolute atomic E-state index is 0.256. The molecular formula is C19H31N5O. The van der Waals surface area contributed by atoms with E-state index in [4.69, 9.17) is 0 Å². The standard InChI is InChI=1S/C19H31N5O/c1-6-14(9-15(7-2)11-25)10-21-19-23-17(20-5)16-12(3)8-13(4)22-18(16)24-19/h8,14-15,25H,6-7,9-11H2,1-5H3,(H2,20,21,22,23,24). The van der Waals surface area contributed by atoms with E-state index >= 15 is 0 Å². The molecule has 2 rings (SSSR count). The second-order valence-corrected chi connectivity index (χ2v) is 6.77. The fraction of sp³-hybridized carbons (Fsp3) is 0.632. The van der Waals surface area contributed by atoms with Gasteiger partial charge in [0.1, 0.15) is 5.82 Å². The van der Waals surface area contributed by atoms with E-state index in [-0.39, 0.29) is 6.61 Å². The van der Waals surface area contributed by atoms with Crippen LogP contribution in [0.3, 0.4) is 0 Å². The summed E-state index contributed by atoms with van der Waals surface area (Å²) in [6.07, 6.45) is 3.08. The zero-order valence-electron chi connectivity index (χ0n) is 16.1. The Kier molecular flexibility index (Phi) is 6.93. The summed E-state index contributed by atoms with van der Waals surface area (Å²) in [6, 6.07) is 2.05. The Balaban J connectivity index is 2.20. The Morgan fingerprint density at radius 3 is 2.40 bits per heavy atom. The number of hydrogen-bond donors (Lipinski definition) is 3. The second kappa shape index (κ2) is 8.94.